The Bertz CT molecular complexity index is 580. The number of hydrogen-bond acceptors (Lipinski definition) is 2. The quantitative estimate of drug-likeness (QED) is 0.827. The zero-order valence-electron chi connectivity index (χ0n) is 11.4. The number of carbonyl (C=O) groups excluding carboxylic acids is 2. The molecule has 1 fully saturated rings. The van der Waals surface area contributed by atoms with Gasteiger partial charge in [-0.1, -0.05) is 24.3 Å². The van der Waals surface area contributed by atoms with E-state index in [4.69, 9.17) is 0 Å². The second-order valence-corrected chi connectivity index (χ2v) is 5.50. The summed E-state index contributed by atoms with van der Waals surface area (Å²) in [6.45, 7) is 0. The van der Waals surface area contributed by atoms with Crippen molar-refractivity contribution >= 4 is 17.5 Å². The van der Waals surface area contributed by atoms with Gasteiger partial charge in [0.05, 0.1) is 11.3 Å². The van der Waals surface area contributed by atoms with Gasteiger partial charge in [0.2, 0.25) is 5.91 Å². The van der Waals surface area contributed by atoms with Crippen LogP contribution in [0.5, 0.6) is 0 Å². The summed E-state index contributed by atoms with van der Waals surface area (Å²) in [6.07, 6.45) is 6.39. The highest BCUT2D eigenvalue weighted by molar-refractivity contribution is 6.04. The van der Waals surface area contributed by atoms with Crippen LogP contribution in [0, 0.1) is 17.8 Å². The van der Waals surface area contributed by atoms with Crippen molar-refractivity contribution in [3.05, 3.63) is 42.0 Å². The zero-order chi connectivity index (χ0) is 14.1. The highest BCUT2D eigenvalue weighted by atomic mass is 16.2. The number of para-hydroxylation sites is 1. The molecule has 0 saturated heterocycles. The van der Waals surface area contributed by atoms with Gasteiger partial charge >= 0.3 is 0 Å². The van der Waals surface area contributed by atoms with Crippen LogP contribution < -0.4 is 10.6 Å². The van der Waals surface area contributed by atoms with Crippen molar-refractivity contribution in [3.8, 4) is 0 Å². The number of fused-ring (bicyclic) bond motifs is 2. The molecule has 3 unspecified atom stereocenters. The molecule has 0 aromatic heterocycles. The Hall–Kier alpha value is -2.10. The van der Waals surface area contributed by atoms with Gasteiger partial charge in [-0.3, -0.25) is 9.59 Å². The average molecular weight is 270 g/mol. The molecule has 104 valence electrons. The number of nitrogens with one attached hydrogen (secondary N) is 2. The van der Waals surface area contributed by atoms with Crippen LogP contribution in [0.15, 0.2) is 36.4 Å². The molecule has 4 heteroatoms. The van der Waals surface area contributed by atoms with Crippen LogP contribution in [0.3, 0.4) is 0 Å². The third kappa shape index (κ3) is 2.22. The van der Waals surface area contributed by atoms with Crippen LogP contribution >= 0.6 is 0 Å². The van der Waals surface area contributed by atoms with Gasteiger partial charge < -0.3 is 10.6 Å². The predicted octanol–water partition coefficient (Wildman–Crippen LogP) is 2.20. The average Bonchev–Trinajstić information content (AvgIpc) is 3.09. The van der Waals surface area contributed by atoms with E-state index >= 15 is 0 Å². The fourth-order valence-corrected chi connectivity index (χ4v) is 3.23. The van der Waals surface area contributed by atoms with Crippen molar-refractivity contribution in [2.75, 3.05) is 12.4 Å². The maximum atomic E-state index is 12.4. The first-order valence-electron chi connectivity index (χ1n) is 6.99. The fourth-order valence-electron chi connectivity index (χ4n) is 3.23. The molecule has 3 rings (SSSR count). The summed E-state index contributed by atoms with van der Waals surface area (Å²) in [5.41, 5.74) is 1.09. The van der Waals surface area contributed by atoms with E-state index < -0.39 is 0 Å². The molecule has 3 atom stereocenters. The van der Waals surface area contributed by atoms with Crippen molar-refractivity contribution in [1.82, 2.24) is 5.32 Å². The van der Waals surface area contributed by atoms with Crippen molar-refractivity contribution in [2.24, 2.45) is 17.8 Å². The molecule has 1 aromatic carbocycles. The van der Waals surface area contributed by atoms with E-state index in [1.165, 1.54) is 0 Å². The second-order valence-electron chi connectivity index (χ2n) is 5.50. The number of amides is 2. The maximum absolute atomic E-state index is 12.4. The topological polar surface area (TPSA) is 58.2 Å². The molecule has 0 spiro atoms. The van der Waals surface area contributed by atoms with Crippen LogP contribution in [-0.2, 0) is 4.79 Å². The van der Waals surface area contributed by atoms with E-state index in [1.807, 2.05) is 6.07 Å². The van der Waals surface area contributed by atoms with Gasteiger partial charge in [-0.05, 0) is 36.8 Å². The lowest BCUT2D eigenvalue weighted by atomic mass is 9.92. The Kier molecular flexibility index (Phi) is 3.30. The smallest absolute Gasteiger partial charge is 0.253 e. The predicted molar refractivity (Wildman–Crippen MR) is 77.3 cm³/mol. The van der Waals surface area contributed by atoms with E-state index in [2.05, 4.69) is 22.8 Å². The number of rotatable bonds is 3. The number of allylic oxidation sites excluding steroid dienone is 2. The lowest BCUT2D eigenvalue weighted by molar-refractivity contribution is -0.120. The van der Waals surface area contributed by atoms with Crippen LogP contribution in [0.25, 0.3) is 0 Å². The lowest BCUT2D eigenvalue weighted by Gasteiger charge is -2.18. The first kappa shape index (κ1) is 12.9. The van der Waals surface area contributed by atoms with Gasteiger partial charge in [0.1, 0.15) is 0 Å². The van der Waals surface area contributed by atoms with Crippen LogP contribution in [0.1, 0.15) is 23.2 Å². The molecule has 1 aromatic rings. The SMILES string of the molecule is CNC(=O)c1ccccc1NC(=O)C1CC2C=CC1C2. The Labute approximate surface area is 118 Å². The first-order chi connectivity index (χ1) is 9.69. The summed E-state index contributed by atoms with van der Waals surface area (Å²) >= 11 is 0. The van der Waals surface area contributed by atoms with Crippen molar-refractivity contribution < 1.29 is 9.59 Å². The molecule has 0 radical (unpaired) electrons. The molecule has 0 aliphatic heterocycles. The number of anilines is 1. The molecule has 20 heavy (non-hydrogen) atoms. The minimum absolute atomic E-state index is 0.0261. The highest BCUT2D eigenvalue weighted by Gasteiger charge is 2.39. The molecule has 4 nitrogen and oxygen atoms in total. The van der Waals surface area contributed by atoms with E-state index in [1.54, 1.807) is 25.2 Å². The molecule has 0 heterocycles. The standard InChI is InChI=1S/C16H18N2O2/c1-17-15(19)12-4-2-3-5-14(12)18-16(20)13-9-10-6-7-11(13)8-10/h2-7,10-11,13H,8-9H2,1H3,(H,17,19)(H,18,20). The maximum Gasteiger partial charge on any atom is 0.253 e. The van der Waals surface area contributed by atoms with Gasteiger partial charge in [0, 0.05) is 13.0 Å². The van der Waals surface area contributed by atoms with Gasteiger partial charge in [0.15, 0.2) is 0 Å². The number of carbonyl (C=O) groups is 2. The molecule has 2 N–H and O–H groups in total. The number of benzene rings is 1. The molecular formula is C16H18N2O2. The molecule has 2 amide bonds. The monoisotopic (exact) mass is 270 g/mol. The normalized spacial score (nSPS) is 26.6. The summed E-state index contributed by atoms with van der Waals surface area (Å²) in [7, 11) is 1.58. The van der Waals surface area contributed by atoms with Crippen LogP contribution in [0.2, 0.25) is 0 Å². The third-order valence-electron chi connectivity index (χ3n) is 4.27. The first-order valence-corrected chi connectivity index (χ1v) is 6.99. The van der Waals surface area contributed by atoms with Gasteiger partial charge in [0.25, 0.3) is 5.91 Å². The second kappa shape index (κ2) is 5.12. The van der Waals surface area contributed by atoms with E-state index in [9.17, 15) is 9.59 Å². The van der Waals surface area contributed by atoms with E-state index in [0.717, 1.165) is 12.8 Å². The summed E-state index contributed by atoms with van der Waals surface area (Å²) in [6, 6.07) is 7.10. The van der Waals surface area contributed by atoms with Crippen molar-refractivity contribution in [2.45, 2.75) is 12.8 Å². The van der Waals surface area contributed by atoms with Gasteiger partial charge in [-0.25, -0.2) is 0 Å². The van der Waals surface area contributed by atoms with E-state index in [-0.39, 0.29) is 17.7 Å². The minimum atomic E-state index is -0.186. The Morgan fingerprint density at radius 2 is 1.95 bits per heavy atom. The third-order valence-corrected chi connectivity index (χ3v) is 4.27. The Balaban J connectivity index is 1.76. The summed E-state index contributed by atoms with van der Waals surface area (Å²) in [4.78, 5) is 24.2. The molecular weight excluding hydrogens is 252 g/mol. The van der Waals surface area contributed by atoms with Crippen LogP contribution in [0.4, 0.5) is 5.69 Å². The Morgan fingerprint density at radius 1 is 1.15 bits per heavy atom. The van der Waals surface area contributed by atoms with Gasteiger partial charge in [-0.2, -0.15) is 0 Å². The minimum Gasteiger partial charge on any atom is -0.355 e. The highest BCUT2D eigenvalue weighted by Crippen LogP contribution is 2.43. The summed E-state index contributed by atoms with van der Waals surface area (Å²) < 4.78 is 0. The zero-order valence-corrected chi connectivity index (χ0v) is 11.4. The van der Waals surface area contributed by atoms with Crippen molar-refractivity contribution in [1.29, 1.82) is 0 Å². The number of hydrogen-bond donors (Lipinski definition) is 2. The largest absolute Gasteiger partial charge is 0.355 e. The van der Waals surface area contributed by atoms with Crippen molar-refractivity contribution in [3.63, 3.8) is 0 Å². The van der Waals surface area contributed by atoms with Crippen LogP contribution in [-0.4, -0.2) is 18.9 Å². The molecule has 2 aliphatic carbocycles. The summed E-state index contributed by atoms with van der Waals surface area (Å²) in [5.74, 6) is 0.812. The lowest BCUT2D eigenvalue weighted by Crippen LogP contribution is -2.27. The molecule has 2 aliphatic rings. The van der Waals surface area contributed by atoms with Gasteiger partial charge in [-0.15, -0.1) is 0 Å². The fraction of sp³-hybridized carbons (Fsp3) is 0.375. The molecule has 2 bridgehead atoms. The Morgan fingerprint density at radius 3 is 2.60 bits per heavy atom. The summed E-state index contributed by atoms with van der Waals surface area (Å²) in [5, 5.41) is 5.51. The van der Waals surface area contributed by atoms with E-state index in [0.29, 0.717) is 23.1 Å². The molecule has 1 saturated carbocycles.